The number of allylic oxidation sites excluding steroid dienone is 3. The monoisotopic (exact) mass is 274 g/mol. The fourth-order valence-corrected chi connectivity index (χ4v) is 2.85. The Labute approximate surface area is 120 Å². The van der Waals surface area contributed by atoms with Gasteiger partial charge in [0.2, 0.25) is 5.75 Å². The molecule has 0 saturated heterocycles. The molecular weight excluding hydrogens is 252 g/mol. The van der Waals surface area contributed by atoms with E-state index in [1.54, 1.807) is 21.3 Å². The van der Waals surface area contributed by atoms with Crippen molar-refractivity contribution in [3.8, 4) is 17.2 Å². The van der Waals surface area contributed by atoms with Gasteiger partial charge in [0.15, 0.2) is 11.5 Å². The Bertz CT molecular complexity index is 556. The van der Waals surface area contributed by atoms with Gasteiger partial charge in [-0.15, -0.1) is 0 Å². The van der Waals surface area contributed by atoms with E-state index in [1.807, 2.05) is 6.92 Å². The van der Waals surface area contributed by atoms with Crippen molar-refractivity contribution in [1.82, 2.24) is 0 Å². The maximum Gasteiger partial charge on any atom is 0.203 e. The van der Waals surface area contributed by atoms with Gasteiger partial charge in [0.1, 0.15) is 0 Å². The lowest BCUT2D eigenvalue weighted by Crippen LogP contribution is -2.02. The highest BCUT2D eigenvalue weighted by atomic mass is 16.5. The van der Waals surface area contributed by atoms with Gasteiger partial charge in [0.05, 0.1) is 21.3 Å². The van der Waals surface area contributed by atoms with Crippen LogP contribution in [0.3, 0.4) is 0 Å². The van der Waals surface area contributed by atoms with Crippen LogP contribution in [0.1, 0.15) is 30.9 Å². The number of hydrogen-bond donors (Lipinski definition) is 0. The normalized spacial score (nSPS) is 16.6. The van der Waals surface area contributed by atoms with Crippen LogP contribution < -0.4 is 14.2 Å². The Morgan fingerprint density at radius 2 is 1.75 bits per heavy atom. The smallest absolute Gasteiger partial charge is 0.203 e. The van der Waals surface area contributed by atoms with Gasteiger partial charge in [-0.25, -0.2) is 0 Å². The van der Waals surface area contributed by atoms with Crippen molar-refractivity contribution in [2.24, 2.45) is 0 Å². The van der Waals surface area contributed by atoms with Gasteiger partial charge in [-0.1, -0.05) is 12.7 Å². The molecule has 0 bridgehead atoms. The quantitative estimate of drug-likeness (QED) is 0.779. The molecule has 0 saturated carbocycles. The second kappa shape index (κ2) is 6.04. The van der Waals surface area contributed by atoms with E-state index in [0.717, 1.165) is 41.7 Å². The van der Waals surface area contributed by atoms with E-state index in [-0.39, 0.29) is 0 Å². The first-order valence-corrected chi connectivity index (χ1v) is 6.84. The zero-order valence-corrected chi connectivity index (χ0v) is 12.7. The van der Waals surface area contributed by atoms with Gasteiger partial charge in [-0.2, -0.15) is 0 Å². The fraction of sp³-hybridized carbons (Fsp3) is 0.412. The second-order valence-corrected chi connectivity index (χ2v) is 4.84. The first-order valence-electron chi connectivity index (χ1n) is 6.84. The van der Waals surface area contributed by atoms with Crippen LogP contribution in [0.5, 0.6) is 17.2 Å². The zero-order valence-electron chi connectivity index (χ0n) is 12.7. The Kier molecular flexibility index (Phi) is 4.38. The standard InChI is InChI=1S/C17H22O3/c1-6-13-11(2)8-7-9-12-10-14(18-3)16(19-4)17(20-5)15(12)13/h6,10H,2,7-9H2,1,3-5H3. The van der Waals surface area contributed by atoms with Gasteiger partial charge in [-0.05, 0) is 49.0 Å². The molecular formula is C17H22O3. The predicted molar refractivity (Wildman–Crippen MR) is 81.8 cm³/mol. The largest absolute Gasteiger partial charge is 0.493 e. The third-order valence-corrected chi connectivity index (χ3v) is 3.78. The molecule has 0 fully saturated rings. The number of methoxy groups -OCH3 is 3. The molecule has 0 N–H and O–H groups in total. The summed E-state index contributed by atoms with van der Waals surface area (Å²) < 4.78 is 16.5. The summed E-state index contributed by atoms with van der Waals surface area (Å²) in [4.78, 5) is 0. The number of ether oxygens (including phenoxy) is 3. The van der Waals surface area contributed by atoms with Crippen LogP contribution in [0, 0.1) is 0 Å². The molecule has 108 valence electrons. The Morgan fingerprint density at radius 1 is 1.05 bits per heavy atom. The molecule has 1 aromatic rings. The van der Waals surface area contributed by atoms with Gasteiger partial charge in [-0.3, -0.25) is 0 Å². The van der Waals surface area contributed by atoms with Crippen LogP contribution in [0.4, 0.5) is 0 Å². The molecule has 0 spiro atoms. The van der Waals surface area contributed by atoms with Gasteiger partial charge < -0.3 is 14.2 Å². The van der Waals surface area contributed by atoms with Gasteiger partial charge >= 0.3 is 0 Å². The summed E-state index contributed by atoms with van der Waals surface area (Å²) in [5.74, 6) is 2.09. The number of rotatable bonds is 3. The molecule has 0 aromatic heterocycles. The summed E-state index contributed by atoms with van der Waals surface area (Å²) in [6, 6.07) is 2.05. The van der Waals surface area contributed by atoms with Crippen LogP contribution in [0.2, 0.25) is 0 Å². The minimum Gasteiger partial charge on any atom is -0.493 e. The molecule has 0 aliphatic heterocycles. The zero-order chi connectivity index (χ0) is 14.7. The van der Waals surface area contributed by atoms with E-state index >= 15 is 0 Å². The third kappa shape index (κ3) is 2.28. The molecule has 1 aliphatic carbocycles. The summed E-state index contributed by atoms with van der Waals surface area (Å²) in [6.07, 6.45) is 5.17. The average Bonchev–Trinajstić information content (AvgIpc) is 2.62. The maximum absolute atomic E-state index is 5.63. The van der Waals surface area contributed by atoms with Gasteiger partial charge in [0.25, 0.3) is 0 Å². The molecule has 0 unspecified atom stereocenters. The third-order valence-electron chi connectivity index (χ3n) is 3.78. The van der Waals surface area contributed by atoms with E-state index in [4.69, 9.17) is 14.2 Å². The number of fused-ring (bicyclic) bond motifs is 1. The van der Waals surface area contributed by atoms with Crippen molar-refractivity contribution in [3.63, 3.8) is 0 Å². The number of aryl methyl sites for hydroxylation is 1. The minimum absolute atomic E-state index is 0.641. The van der Waals surface area contributed by atoms with Crippen LogP contribution >= 0.6 is 0 Å². The van der Waals surface area contributed by atoms with E-state index in [2.05, 4.69) is 18.7 Å². The van der Waals surface area contributed by atoms with Crippen LogP contribution in [0.25, 0.3) is 5.57 Å². The molecule has 0 amide bonds. The SMILES string of the molecule is C=C1CCCc2cc(OC)c(OC)c(OC)c2C1=CC. The van der Waals surface area contributed by atoms with Gasteiger partial charge in [0, 0.05) is 5.56 Å². The van der Waals surface area contributed by atoms with Crippen molar-refractivity contribution < 1.29 is 14.2 Å². The van der Waals surface area contributed by atoms with E-state index in [9.17, 15) is 0 Å². The highest BCUT2D eigenvalue weighted by molar-refractivity contribution is 5.86. The topological polar surface area (TPSA) is 27.7 Å². The summed E-state index contributed by atoms with van der Waals surface area (Å²) in [6.45, 7) is 6.24. The molecule has 1 aromatic carbocycles. The first kappa shape index (κ1) is 14.5. The van der Waals surface area contributed by atoms with Crippen LogP contribution in [-0.4, -0.2) is 21.3 Å². The predicted octanol–water partition coefficient (Wildman–Crippen LogP) is 4.01. The number of benzene rings is 1. The van der Waals surface area contributed by atoms with Crippen molar-refractivity contribution >= 4 is 5.57 Å². The molecule has 3 nitrogen and oxygen atoms in total. The fourth-order valence-electron chi connectivity index (χ4n) is 2.85. The van der Waals surface area contributed by atoms with Crippen molar-refractivity contribution in [1.29, 1.82) is 0 Å². The molecule has 1 aliphatic rings. The molecule has 2 rings (SSSR count). The first-order chi connectivity index (χ1) is 9.67. The highest BCUT2D eigenvalue weighted by Gasteiger charge is 2.25. The summed E-state index contributed by atoms with van der Waals surface area (Å²) >= 11 is 0. The highest BCUT2D eigenvalue weighted by Crippen LogP contribution is 2.48. The van der Waals surface area contributed by atoms with Crippen LogP contribution in [-0.2, 0) is 6.42 Å². The average molecular weight is 274 g/mol. The summed E-state index contributed by atoms with van der Waals surface area (Å²) in [5, 5.41) is 0. The molecule has 3 heteroatoms. The molecule has 20 heavy (non-hydrogen) atoms. The second-order valence-electron chi connectivity index (χ2n) is 4.84. The molecule has 0 heterocycles. The maximum atomic E-state index is 5.63. The Morgan fingerprint density at radius 3 is 2.30 bits per heavy atom. The minimum atomic E-state index is 0.641. The van der Waals surface area contributed by atoms with Crippen molar-refractivity contribution in [2.75, 3.05) is 21.3 Å². The lowest BCUT2D eigenvalue weighted by molar-refractivity contribution is 0.323. The summed E-state index contributed by atoms with van der Waals surface area (Å²) in [5.41, 5.74) is 4.62. The lowest BCUT2D eigenvalue weighted by atomic mass is 9.94. The molecule has 0 atom stereocenters. The molecule has 0 radical (unpaired) electrons. The Balaban J connectivity index is 2.79. The van der Waals surface area contributed by atoms with E-state index in [1.165, 1.54) is 5.56 Å². The Hall–Kier alpha value is -1.90. The van der Waals surface area contributed by atoms with E-state index < -0.39 is 0 Å². The van der Waals surface area contributed by atoms with E-state index in [0.29, 0.717) is 11.5 Å². The lowest BCUT2D eigenvalue weighted by Gasteiger charge is -2.20. The van der Waals surface area contributed by atoms with Crippen molar-refractivity contribution in [2.45, 2.75) is 26.2 Å². The summed E-state index contributed by atoms with van der Waals surface area (Å²) in [7, 11) is 4.95. The van der Waals surface area contributed by atoms with Crippen LogP contribution in [0.15, 0.2) is 24.3 Å². The number of hydrogen-bond acceptors (Lipinski definition) is 3. The van der Waals surface area contributed by atoms with Crippen molar-refractivity contribution in [3.05, 3.63) is 35.4 Å².